The fourth-order valence-electron chi connectivity index (χ4n) is 1.32. The Morgan fingerprint density at radius 1 is 1.50 bits per heavy atom. The van der Waals surface area contributed by atoms with E-state index in [1.807, 2.05) is 20.8 Å². The standard InChI is InChI=1S/C11H21NO2/c1-4-11(3,10(13)14-5-2)12-8-9-6-7-9/h9,12H,4-8H2,1-3H3. The number of rotatable bonds is 6. The molecule has 3 heteroatoms. The van der Waals surface area contributed by atoms with Crippen LogP contribution in [0.5, 0.6) is 0 Å². The summed E-state index contributed by atoms with van der Waals surface area (Å²) in [5, 5.41) is 3.32. The van der Waals surface area contributed by atoms with Crippen LogP contribution in [0.25, 0.3) is 0 Å². The predicted molar refractivity (Wildman–Crippen MR) is 56.1 cm³/mol. The van der Waals surface area contributed by atoms with Crippen molar-refractivity contribution in [3.8, 4) is 0 Å². The molecule has 0 aromatic rings. The molecule has 3 nitrogen and oxygen atoms in total. The maximum atomic E-state index is 11.6. The Morgan fingerprint density at radius 3 is 2.57 bits per heavy atom. The molecule has 82 valence electrons. The zero-order valence-electron chi connectivity index (χ0n) is 9.43. The Bertz CT molecular complexity index is 201. The average Bonchev–Trinajstić information content (AvgIpc) is 2.98. The fourth-order valence-corrected chi connectivity index (χ4v) is 1.32. The minimum atomic E-state index is -0.487. The molecule has 1 N–H and O–H groups in total. The van der Waals surface area contributed by atoms with E-state index in [9.17, 15) is 4.79 Å². The highest BCUT2D eigenvalue weighted by Crippen LogP contribution is 2.28. The van der Waals surface area contributed by atoms with Crippen LogP contribution in [0.15, 0.2) is 0 Å². The zero-order valence-corrected chi connectivity index (χ0v) is 9.43. The lowest BCUT2D eigenvalue weighted by Crippen LogP contribution is -2.50. The van der Waals surface area contributed by atoms with Crippen molar-refractivity contribution in [1.29, 1.82) is 0 Å². The fraction of sp³-hybridized carbons (Fsp3) is 0.909. The van der Waals surface area contributed by atoms with Crippen LogP contribution < -0.4 is 5.32 Å². The summed E-state index contributed by atoms with van der Waals surface area (Å²) in [4.78, 5) is 11.6. The highest BCUT2D eigenvalue weighted by Gasteiger charge is 2.34. The van der Waals surface area contributed by atoms with Gasteiger partial charge in [0.25, 0.3) is 0 Å². The van der Waals surface area contributed by atoms with E-state index in [0.717, 1.165) is 18.9 Å². The predicted octanol–water partition coefficient (Wildman–Crippen LogP) is 1.72. The van der Waals surface area contributed by atoms with Crippen LogP contribution in [0.3, 0.4) is 0 Å². The van der Waals surface area contributed by atoms with Gasteiger partial charge in [-0.2, -0.15) is 0 Å². The summed E-state index contributed by atoms with van der Waals surface area (Å²) < 4.78 is 5.05. The molecular weight excluding hydrogens is 178 g/mol. The third-order valence-electron chi connectivity index (χ3n) is 2.91. The molecule has 0 aliphatic heterocycles. The second-order valence-electron chi connectivity index (χ2n) is 4.23. The molecule has 0 aromatic carbocycles. The van der Waals surface area contributed by atoms with E-state index in [2.05, 4.69) is 5.32 Å². The molecule has 14 heavy (non-hydrogen) atoms. The van der Waals surface area contributed by atoms with E-state index in [4.69, 9.17) is 4.74 Å². The average molecular weight is 199 g/mol. The third kappa shape index (κ3) is 2.98. The molecule has 0 amide bonds. The van der Waals surface area contributed by atoms with Crippen molar-refractivity contribution in [2.24, 2.45) is 5.92 Å². The molecule has 1 fully saturated rings. The highest BCUT2D eigenvalue weighted by molar-refractivity contribution is 5.80. The van der Waals surface area contributed by atoms with Gasteiger partial charge in [-0.1, -0.05) is 6.92 Å². The van der Waals surface area contributed by atoms with Crippen LogP contribution in [-0.2, 0) is 9.53 Å². The first-order valence-corrected chi connectivity index (χ1v) is 5.54. The Balaban J connectivity index is 2.40. The second-order valence-corrected chi connectivity index (χ2v) is 4.23. The van der Waals surface area contributed by atoms with Crippen molar-refractivity contribution in [2.45, 2.75) is 45.6 Å². The van der Waals surface area contributed by atoms with Gasteiger partial charge >= 0.3 is 5.97 Å². The Kier molecular flexibility index (Phi) is 3.93. The molecule has 1 rings (SSSR count). The molecule has 0 heterocycles. The van der Waals surface area contributed by atoms with Crippen molar-refractivity contribution >= 4 is 5.97 Å². The molecule has 0 aromatic heterocycles. The highest BCUT2D eigenvalue weighted by atomic mass is 16.5. The summed E-state index contributed by atoms with van der Waals surface area (Å²) >= 11 is 0. The van der Waals surface area contributed by atoms with Gasteiger partial charge in [-0.05, 0) is 45.6 Å². The number of ether oxygens (including phenoxy) is 1. The number of carbonyl (C=O) groups excluding carboxylic acids is 1. The van der Waals surface area contributed by atoms with Crippen LogP contribution in [-0.4, -0.2) is 24.7 Å². The van der Waals surface area contributed by atoms with Crippen molar-refractivity contribution in [3.05, 3.63) is 0 Å². The maximum Gasteiger partial charge on any atom is 0.326 e. The summed E-state index contributed by atoms with van der Waals surface area (Å²) in [5.74, 6) is 0.665. The van der Waals surface area contributed by atoms with Gasteiger partial charge in [-0.3, -0.25) is 4.79 Å². The van der Waals surface area contributed by atoms with Crippen molar-refractivity contribution in [3.63, 3.8) is 0 Å². The van der Waals surface area contributed by atoms with E-state index in [1.54, 1.807) is 0 Å². The smallest absolute Gasteiger partial charge is 0.326 e. The second kappa shape index (κ2) is 4.78. The molecule has 0 bridgehead atoms. The normalized spacial score (nSPS) is 20.2. The van der Waals surface area contributed by atoms with E-state index >= 15 is 0 Å². The lowest BCUT2D eigenvalue weighted by Gasteiger charge is -2.27. The number of hydrogen-bond acceptors (Lipinski definition) is 3. The number of carbonyl (C=O) groups is 1. The summed E-state index contributed by atoms with van der Waals surface area (Å²) in [6.07, 6.45) is 3.38. The van der Waals surface area contributed by atoms with Crippen LogP contribution in [0.4, 0.5) is 0 Å². The Morgan fingerprint density at radius 2 is 2.14 bits per heavy atom. The Hall–Kier alpha value is -0.570. The van der Waals surface area contributed by atoms with Gasteiger partial charge in [0.05, 0.1) is 6.61 Å². The van der Waals surface area contributed by atoms with Crippen molar-refractivity contribution < 1.29 is 9.53 Å². The van der Waals surface area contributed by atoms with E-state index < -0.39 is 5.54 Å². The van der Waals surface area contributed by atoms with Gasteiger partial charge in [-0.25, -0.2) is 0 Å². The first-order valence-electron chi connectivity index (χ1n) is 5.54. The van der Waals surface area contributed by atoms with Crippen LogP contribution in [0.1, 0.15) is 40.0 Å². The lowest BCUT2D eigenvalue weighted by molar-refractivity contribution is -0.150. The van der Waals surface area contributed by atoms with Crippen LogP contribution >= 0.6 is 0 Å². The lowest BCUT2D eigenvalue weighted by atomic mass is 9.99. The molecular formula is C11H21NO2. The third-order valence-corrected chi connectivity index (χ3v) is 2.91. The number of hydrogen-bond donors (Lipinski definition) is 1. The quantitative estimate of drug-likeness (QED) is 0.662. The largest absolute Gasteiger partial charge is 0.465 e. The topological polar surface area (TPSA) is 38.3 Å². The van der Waals surface area contributed by atoms with Crippen LogP contribution in [0, 0.1) is 5.92 Å². The Labute approximate surface area is 86.2 Å². The minimum absolute atomic E-state index is 0.122. The summed E-state index contributed by atoms with van der Waals surface area (Å²) in [6.45, 7) is 7.18. The van der Waals surface area contributed by atoms with Gasteiger partial charge in [0.15, 0.2) is 0 Å². The van der Waals surface area contributed by atoms with Gasteiger partial charge in [-0.15, -0.1) is 0 Å². The van der Waals surface area contributed by atoms with Crippen LogP contribution in [0.2, 0.25) is 0 Å². The number of nitrogens with one attached hydrogen (secondary N) is 1. The molecule has 1 aliphatic carbocycles. The zero-order chi connectivity index (χ0) is 10.6. The molecule has 1 unspecified atom stereocenters. The molecule has 1 saturated carbocycles. The molecule has 1 atom stereocenters. The SMILES string of the molecule is CCOC(=O)C(C)(CC)NCC1CC1. The molecule has 1 aliphatic rings. The van der Waals surface area contributed by atoms with E-state index in [0.29, 0.717) is 6.61 Å². The first kappa shape index (κ1) is 11.5. The summed E-state index contributed by atoms with van der Waals surface area (Å²) in [6, 6.07) is 0. The van der Waals surface area contributed by atoms with Gasteiger partial charge < -0.3 is 10.1 Å². The molecule has 0 saturated heterocycles. The van der Waals surface area contributed by atoms with E-state index in [1.165, 1.54) is 12.8 Å². The van der Waals surface area contributed by atoms with Gasteiger partial charge in [0, 0.05) is 0 Å². The van der Waals surface area contributed by atoms with Crippen molar-refractivity contribution in [2.75, 3.05) is 13.2 Å². The summed E-state index contributed by atoms with van der Waals surface area (Å²) in [7, 11) is 0. The van der Waals surface area contributed by atoms with E-state index in [-0.39, 0.29) is 5.97 Å². The molecule has 0 spiro atoms. The van der Waals surface area contributed by atoms with Gasteiger partial charge in [0.2, 0.25) is 0 Å². The summed E-state index contributed by atoms with van der Waals surface area (Å²) in [5.41, 5.74) is -0.487. The first-order chi connectivity index (χ1) is 6.62. The molecule has 0 radical (unpaired) electrons. The van der Waals surface area contributed by atoms with Crippen molar-refractivity contribution in [1.82, 2.24) is 5.32 Å². The minimum Gasteiger partial charge on any atom is -0.465 e. The number of esters is 1. The monoisotopic (exact) mass is 199 g/mol. The maximum absolute atomic E-state index is 11.6. The van der Waals surface area contributed by atoms with Gasteiger partial charge in [0.1, 0.15) is 5.54 Å².